The van der Waals surface area contributed by atoms with E-state index in [0.29, 0.717) is 42.6 Å². The number of aryl methyl sites for hydroxylation is 2. The van der Waals surface area contributed by atoms with E-state index >= 15 is 0 Å². The van der Waals surface area contributed by atoms with E-state index in [4.69, 9.17) is 13.9 Å². The number of methoxy groups -OCH3 is 2. The number of carbonyl (C=O) groups is 4. The first-order valence-corrected chi connectivity index (χ1v) is 25.5. The molecule has 4 rings (SSSR count). The third-order valence-electron chi connectivity index (χ3n) is 11.1. The first-order chi connectivity index (χ1) is 33.4. The molecule has 70 heavy (non-hydrogen) atoms. The van der Waals surface area contributed by atoms with Crippen molar-refractivity contribution in [2.24, 2.45) is 0 Å². The normalized spacial score (nSPS) is 12.3. The zero-order chi connectivity index (χ0) is 52.2. The Kier molecular flexibility index (Phi) is 28.2. The first kappa shape index (κ1) is 60.2. The number of aliphatic hydroxyl groups excluding tert-OH is 1. The number of thiophene rings is 2. The monoisotopic (exact) mass is 1000 g/mol. The maximum absolute atomic E-state index is 12.9. The second-order valence-electron chi connectivity index (χ2n) is 16.8. The number of hydrogen-bond acceptors (Lipinski definition) is 15. The SMILES string of the molecule is C=CC(=O)OC.CCCCCCc1ccc(C=C(C)C(=O)c2c(O)cc(C(C)CC/C=C/C(=O)OC)oc2=O)s1.CCCCCCc1ccc(C=C(C)C(=O)c2c(O)cc(C(C)CCCO)oc2=O)s1. The molecule has 4 aromatic heterocycles. The van der Waals surface area contributed by atoms with Crippen LogP contribution in [-0.2, 0) is 31.9 Å². The fourth-order valence-corrected chi connectivity index (χ4v) is 8.99. The van der Waals surface area contributed by atoms with Crippen molar-refractivity contribution < 1.29 is 52.8 Å². The summed E-state index contributed by atoms with van der Waals surface area (Å²) in [6.07, 6.45) is 21.6. The van der Waals surface area contributed by atoms with Crippen LogP contribution in [0.2, 0.25) is 0 Å². The molecule has 0 saturated carbocycles. The number of aliphatic hydroxyl groups is 1. The van der Waals surface area contributed by atoms with Gasteiger partial charge in [-0.1, -0.05) is 78.9 Å². The van der Waals surface area contributed by atoms with E-state index in [2.05, 4.69) is 42.0 Å². The van der Waals surface area contributed by atoms with E-state index in [1.54, 1.807) is 54.7 Å². The lowest BCUT2D eigenvalue weighted by atomic mass is 9.99. The molecule has 0 aliphatic heterocycles. The molecule has 13 nitrogen and oxygen atoms in total. The predicted octanol–water partition coefficient (Wildman–Crippen LogP) is 12.5. The molecular formula is C55H72O13S2. The Balaban J connectivity index is 0.000000432. The number of carbonyl (C=O) groups excluding carboxylic acids is 4. The quantitative estimate of drug-likeness (QED) is 0.0232. The van der Waals surface area contributed by atoms with Gasteiger partial charge in [0, 0.05) is 62.2 Å². The van der Waals surface area contributed by atoms with E-state index in [1.165, 1.54) is 80.7 Å². The van der Waals surface area contributed by atoms with Gasteiger partial charge in [0.1, 0.15) is 34.1 Å². The van der Waals surface area contributed by atoms with Gasteiger partial charge in [0.2, 0.25) is 0 Å². The van der Waals surface area contributed by atoms with Crippen LogP contribution in [-0.4, -0.2) is 59.7 Å². The summed E-state index contributed by atoms with van der Waals surface area (Å²) in [5.74, 6) is -2.39. The molecule has 382 valence electrons. The third-order valence-corrected chi connectivity index (χ3v) is 13.2. The number of ketones is 2. The van der Waals surface area contributed by atoms with Crippen molar-refractivity contribution in [3.63, 3.8) is 0 Å². The Hall–Kier alpha value is -5.90. The van der Waals surface area contributed by atoms with Crippen molar-refractivity contribution in [3.8, 4) is 11.5 Å². The molecule has 0 aromatic carbocycles. The molecule has 0 aliphatic rings. The molecule has 4 heterocycles. The number of hydrogen-bond donors (Lipinski definition) is 3. The molecule has 0 spiro atoms. The smallest absolute Gasteiger partial charge is 0.351 e. The average Bonchev–Trinajstić information content (AvgIpc) is 4.00. The fraction of sp³-hybridized carbons (Fsp3) is 0.455. The number of allylic oxidation sites excluding steroid dienone is 3. The summed E-state index contributed by atoms with van der Waals surface area (Å²) in [6, 6.07) is 10.8. The molecule has 0 saturated heterocycles. The summed E-state index contributed by atoms with van der Waals surface area (Å²) < 4.78 is 19.3. The third kappa shape index (κ3) is 21.0. The molecule has 2 unspecified atom stereocenters. The van der Waals surface area contributed by atoms with E-state index in [-0.39, 0.29) is 46.8 Å². The molecule has 0 bridgehead atoms. The first-order valence-electron chi connectivity index (χ1n) is 23.9. The van der Waals surface area contributed by atoms with Gasteiger partial charge in [0.05, 0.1) is 14.2 Å². The molecule has 0 amide bonds. The van der Waals surface area contributed by atoms with Crippen molar-refractivity contribution in [1.29, 1.82) is 0 Å². The van der Waals surface area contributed by atoms with Gasteiger partial charge in [0.25, 0.3) is 0 Å². The average molecular weight is 1010 g/mol. The Labute approximate surface area is 420 Å². The zero-order valence-corrected chi connectivity index (χ0v) is 43.7. The fourth-order valence-electron chi connectivity index (χ4n) is 6.88. The summed E-state index contributed by atoms with van der Waals surface area (Å²) >= 11 is 3.27. The molecule has 4 aromatic rings. The topological polar surface area (TPSA) is 208 Å². The van der Waals surface area contributed by atoms with Crippen LogP contribution in [0.15, 0.2) is 90.8 Å². The van der Waals surface area contributed by atoms with Crippen LogP contribution in [0.1, 0.15) is 182 Å². The highest BCUT2D eigenvalue weighted by Gasteiger charge is 2.24. The van der Waals surface area contributed by atoms with Gasteiger partial charge in [-0.3, -0.25) is 9.59 Å². The molecule has 0 radical (unpaired) electrons. The van der Waals surface area contributed by atoms with Crippen molar-refractivity contribution in [2.75, 3.05) is 20.8 Å². The number of rotatable bonds is 26. The number of esters is 2. The summed E-state index contributed by atoms with van der Waals surface area (Å²) in [5, 5.41) is 29.7. The Morgan fingerprint density at radius 3 is 1.49 bits per heavy atom. The van der Waals surface area contributed by atoms with Gasteiger partial charge >= 0.3 is 23.2 Å². The van der Waals surface area contributed by atoms with Gasteiger partial charge in [-0.25, -0.2) is 19.2 Å². The van der Waals surface area contributed by atoms with Crippen LogP contribution in [0.4, 0.5) is 0 Å². The van der Waals surface area contributed by atoms with Crippen LogP contribution in [0.3, 0.4) is 0 Å². The number of unbranched alkanes of at least 4 members (excludes halogenated alkanes) is 6. The minimum absolute atomic E-state index is 0.0459. The van der Waals surface area contributed by atoms with Gasteiger partial charge in [0.15, 0.2) is 11.6 Å². The molecule has 3 N–H and O–H groups in total. The highest BCUT2D eigenvalue weighted by Crippen LogP contribution is 2.29. The summed E-state index contributed by atoms with van der Waals surface area (Å²) in [5.41, 5.74) is -1.65. The molecule has 15 heteroatoms. The van der Waals surface area contributed by atoms with E-state index in [9.17, 15) is 39.0 Å². The van der Waals surface area contributed by atoms with Crippen molar-refractivity contribution in [1.82, 2.24) is 0 Å². The lowest BCUT2D eigenvalue weighted by Gasteiger charge is -2.11. The largest absolute Gasteiger partial charge is 0.507 e. The highest BCUT2D eigenvalue weighted by molar-refractivity contribution is 7.13. The molecule has 2 atom stereocenters. The number of aromatic hydroxyl groups is 2. The van der Waals surface area contributed by atoms with E-state index < -0.39 is 34.8 Å². The van der Waals surface area contributed by atoms with Crippen LogP contribution in [0.5, 0.6) is 11.5 Å². The Morgan fingerprint density at radius 1 is 0.671 bits per heavy atom. The minimum Gasteiger partial charge on any atom is -0.507 e. The van der Waals surface area contributed by atoms with Crippen molar-refractivity contribution in [2.45, 2.75) is 143 Å². The highest BCUT2D eigenvalue weighted by atomic mass is 32.1. The van der Waals surface area contributed by atoms with Gasteiger partial charge in [-0.2, -0.15) is 0 Å². The van der Waals surface area contributed by atoms with Crippen LogP contribution < -0.4 is 11.3 Å². The maximum atomic E-state index is 12.9. The van der Waals surface area contributed by atoms with Crippen LogP contribution in [0.25, 0.3) is 12.2 Å². The second-order valence-corrected chi connectivity index (χ2v) is 19.2. The summed E-state index contributed by atoms with van der Waals surface area (Å²) in [6.45, 7) is 14.5. The molecule has 0 aliphatic carbocycles. The Bertz CT molecular complexity index is 2510. The van der Waals surface area contributed by atoms with Crippen LogP contribution >= 0.6 is 22.7 Å². The lowest BCUT2D eigenvalue weighted by molar-refractivity contribution is -0.135. The minimum atomic E-state index is -0.854. The van der Waals surface area contributed by atoms with Gasteiger partial charge in [-0.05, 0) is 113 Å². The van der Waals surface area contributed by atoms with Crippen molar-refractivity contribution in [3.05, 3.63) is 135 Å². The van der Waals surface area contributed by atoms with Crippen molar-refractivity contribution >= 4 is 58.3 Å². The van der Waals surface area contributed by atoms with Gasteiger partial charge < -0.3 is 33.6 Å². The summed E-state index contributed by atoms with van der Waals surface area (Å²) in [7, 11) is 2.61. The summed E-state index contributed by atoms with van der Waals surface area (Å²) in [4.78, 5) is 76.0. The maximum Gasteiger partial charge on any atom is 0.351 e. The standard InChI is InChI=1S/C27H34O6S.C24H32O5S.C4H6O2/c1-5-6-7-8-12-20-14-15-21(34-20)16-19(3)26(30)25-22(28)17-23(33-27(25)31)18(2)11-9-10-13-24(29)32-4;1-4-5-6-7-10-18-11-12-19(30-18)14-17(3)23(27)22-20(26)15-21(29-24(22)28)16(2)9-8-13-25;1-3-4(5)6-2/h10,13-18,28H,5-9,11-12H2,1-4H3;11-12,14-16,25-26H,4-10,13H2,1-3H3;3H,1H2,2H3/b13-10+,19-16?;;. The number of Topliss-reactive ketones (excluding diaryl/α,β-unsaturated/α-hetero) is 2. The van der Waals surface area contributed by atoms with E-state index in [1.807, 2.05) is 26.0 Å². The molecular weight excluding hydrogens is 933 g/mol. The second kappa shape index (κ2) is 32.8. The van der Waals surface area contributed by atoms with E-state index in [0.717, 1.165) is 41.5 Å². The number of ether oxygens (including phenoxy) is 2. The Morgan fingerprint density at radius 2 is 1.11 bits per heavy atom. The van der Waals surface area contributed by atoms with Crippen LogP contribution in [0, 0.1) is 0 Å². The van der Waals surface area contributed by atoms with Gasteiger partial charge in [-0.15, -0.1) is 22.7 Å². The molecule has 0 fully saturated rings. The zero-order valence-electron chi connectivity index (χ0n) is 42.1. The lowest BCUT2D eigenvalue weighted by Crippen LogP contribution is -2.16. The predicted molar refractivity (Wildman–Crippen MR) is 279 cm³/mol.